The minimum Gasteiger partial charge on any atom is -0.478 e. The first-order chi connectivity index (χ1) is 9.97. The molecule has 0 saturated heterocycles. The Labute approximate surface area is 120 Å². The number of rotatable bonds is 4. The van der Waals surface area contributed by atoms with E-state index < -0.39 is 11.9 Å². The van der Waals surface area contributed by atoms with Crippen molar-refractivity contribution in [1.29, 1.82) is 0 Å². The summed E-state index contributed by atoms with van der Waals surface area (Å²) in [7, 11) is 0. The van der Waals surface area contributed by atoms with Gasteiger partial charge in [-0.15, -0.1) is 0 Å². The van der Waals surface area contributed by atoms with Crippen LogP contribution < -0.4 is 10.7 Å². The second kappa shape index (κ2) is 6.04. The number of hydrogen-bond acceptors (Lipinski definition) is 3. The van der Waals surface area contributed by atoms with E-state index in [1.807, 2.05) is 0 Å². The van der Waals surface area contributed by atoms with Gasteiger partial charge in [-0.25, -0.2) is 4.79 Å². The SMILES string of the molecule is Cc1cc(=O)c(C(=O)NCc2cccc(C(=O)O)c2)c[nH]1. The molecule has 1 aromatic heterocycles. The molecule has 108 valence electrons. The number of carboxylic acids is 1. The number of carbonyl (C=O) groups is 2. The lowest BCUT2D eigenvalue weighted by molar-refractivity contribution is 0.0696. The number of benzene rings is 1. The number of hydrogen-bond donors (Lipinski definition) is 3. The number of aromatic amines is 1. The molecule has 0 aliphatic carbocycles. The summed E-state index contributed by atoms with van der Waals surface area (Å²) in [6.07, 6.45) is 1.36. The van der Waals surface area contributed by atoms with Crippen molar-refractivity contribution in [2.45, 2.75) is 13.5 Å². The van der Waals surface area contributed by atoms with E-state index in [1.165, 1.54) is 24.4 Å². The summed E-state index contributed by atoms with van der Waals surface area (Å²) in [6.45, 7) is 1.87. The van der Waals surface area contributed by atoms with Gasteiger partial charge in [0.05, 0.1) is 5.56 Å². The molecule has 0 saturated carbocycles. The van der Waals surface area contributed by atoms with Gasteiger partial charge in [-0.2, -0.15) is 0 Å². The molecular formula is C15H14N2O4. The molecule has 0 unspecified atom stereocenters. The highest BCUT2D eigenvalue weighted by molar-refractivity contribution is 5.93. The van der Waals surface area contributed by atoms with Crippen molar-refractivity contribution < 1.29 is 14.7 Å². The van der Waals surface area contributed by atoms with Gasteiger partial charge in [0, 0.05) is 24.5 Å². The standard InChI is InChI=1S/C15H14N2O4/c1-9-5-13(18)12(8-16-9)14(19)17-7-10-3-2-4-11(6-10)15(20)21/h2-6,8H,7H2,1H3,(H,16,18)(H,17,19)(H,20,21). The number of carbonyl (C=O) groups excluding carboxylic acids is 1. The fourth-order valence-electron chi connectivity index (χ4n) is 1.84. The number of amides is 1. The number of nitrogens with one attached hydrogen (secondary N) is 2. The third-order valence-electron chi connectivity index (χ3n) is 2.93. The number of H-pyrrole nitrogens is 1. The summed E-state index contributed by atoms with van der Waals surface area (Å²) >= 11 is 0. The Morgan fingerprint density at radius 3 is 2.71 bits per heavy atom. The second-order valence-corrected chi connectivity index (χ2v) is 4.58. The van der Waals surface area contributed by atoms with Crippen LogP contribution in [0.15, 0.2) is 41.3 Å². The summed E-state index contributed by atoms with van der Waals surface area (Å²) < 4.78 is 0. The lowest BCUT2D eigenvalue weighted by atomic mass is 10.1. The maximum Gasteiger partial charge on any atom is 0.335 e. The molecule has 0 radical (unpaired) electrons. The van der Waals surface area contributed by atoms with Crippen LogP contribution in [0.4, 0.5) is 0 Å². The average molecular weight is 286 g/mol. The fraction of sp³-hybridized carbons (Fsp3) is 0.133. The molecule has 1 aromatic carbocycles. The van der Waals surface area contributed by atoms with Gasteiger partial charge in [0.25, 0.3) is 5.91 Å². The van der Waals surface area contributed by atoms with Crippen LogP contribution in [0, 0.1) is 6.92 Å². The highest BCUT2D eigenvalue weighted by atomic mass is 16.4. The largest absolute Gasteiger partial charge is 0.478 e. The Hall–Kier alpha value is -2.89. The van der Waals surface area contributed by atoms with Crippen LogP contribution in [0.3, 0.4) is 0 Å². The van der Waals surface area contributed by atoms with Crippen LogP contribution in [0.25, 0.3) is 0 Å². The molecular weight excluding hydrogens is 272 g/mol. The molecule has 6 nitrogen and oxygen atoms in total. The normalized spacial score (nSPS) is 10.1. The maximum absolute atomic E-state index is 11.9. The molecule has 2 rings (SSSR count). The van der Waals surface area contributed by atoms with Gasteiger partial charge in [0.1, 0.15) is 5.56 Å². The number of aromatic carboxylic acids is 1. The summed E-state index contributed by atoms with van der Waals surface area (Å²) in [5, 5.41) is 11.5. The van der Waals surface area contributed by atoms with Crippen molar-refractivity contribution in [3.05, 3.63) is 69.1 Å². The molecule has 21 heavy (non-hydrogen) atoms. The predicted molar refractivity (Wildman–Crippen MR) is 76.4 cm³/mol. The first-order valence-corrected chi connectivity index (χ1v) is 6.27. The first kappa shape index (κ1) is 14.5. The van der Waals surface area contributed by atoms with E-state index >= 15 is 0 Å². The molecule has 0 atom stereocenters. The third kappa shape index (κ3) is 3.56. The minimum atomic E-state index is -1.03. The molecule has 2 aromatic rings. The van der Waals surface area contributed by atoms with Gasteiger partial charge in [-0.3, -0.25) is 9.59 Å². The van der Waals surface area contributed by atoms with E-state index in [0.29, 0.717) is 11.3 Å². The van der Waals surface area contributed by atoms with Gasteiger partial charge in [-0.1, -0.05) is 12.1 Å². The maximum atomic E-state index is 11.9. The molecule has 1 heterocycles. The Morgan fingerprint density at radius 2 is 2.05 bits per heavy atom. The van der Waals surface area contributed by atoms with E-state index in [2.05, 4.69) is 10.3 Å². The van der Waals surface area contributed by atoms with Gasteiger partial charge >= 0.3 is 5.97 Å². The summed E-state index contributed by atoms with van der Waals surface area (Å²) in [5.74, 6) is -1.53. The molecule has 0 spiro atoms. The summed E-state index contributed by atoms with van der Waals surface area (Å²) in [6, 6.07) is 7.59. The Morgan fingerprint density at radius 1 is 1.29 bits per heavy atom. The molecule has 0 aliphatic heterocycles. The number of pyridine rings is 1. The van der Waals surface area contributed by atoms with Crippen molar-refractivity contribution in [1.82, 2.24) is 10.3 Å². The highest BCUT2D eigenvalue weighted by Crippen LogP contribution is 2.05. The van der Waals surface area contributed by atoms with Gasteiger partial charge in [-0.05, 0) is 24.6 Å². The van der Waals surface area contributed by atoms with Gasteiger partial charge in [0.2, 0.25) is 0 Å². The zero-order chi connectivity index (χ0) is 15.4. The van der Waals surface area contributed by atoms with Gasteiger partial charge in [0.15, 0.2) is 5.43 Å². The zero-order valence-corrected chi connectivity index (χ0v) is 11.3. The molecule has 1 amide bonds. The lowest BCUT2D eigenvalue weighted by Gasteiger charge is -2.06. The van der Waals surface area contributed by atoms with Gasteiger partial charge < -0.3 is 15.4 Å². The molecule has 0 fully saturated rings. The van der Waals surface area contributed by atoms with Crippen LogP contribution in [-0.2, 0) is 6.54 Å². The van der Waals surface area contributed by atoms with Crippen molar-refractivity contribution in [2.24, 2.45) is 0 Å². The van der Waals surface area contributed by atoms with E-state index in [9.17, 15) is 14.4 Å². The molecule has 6 heteroatoms. The van der Waals surface area contributed by atoms with Crippen molar-refractivity contribution in [2.75, 3.05) is 0 Å². The monoisotopic (exact) mass is 286 g/mol. The van der Waals surface area contributed by atoms with Crippen LogP contribution in [0.5, 0.6) is 0 Å². The second-order valence-electron chi connectivity index (χ2n) is 4.58. The minimum absolute atomic E-state index is 0.0231. The fourth-order valence-corrected chi connectivity index (χ4v) is 1.84. The van der Waals surface area contributed by atoms with Crippen LogP contribution in [0.1, 0.15) is 32.0 Å². The predicted octanol–water partition coefficient (Wildman–Crippen LogP) is 1.31. The first-order valence-electron chi connectivity index (χ1n) is 6.27. The van der Waals surface area contributed by atoms with Crippen LogP contribution >= 0.6 is 0 Å². The highest BCUT2D eigenvalue weighted by Gasteiger charge is 2.10. The smallest absolute Gasteiger partial charge is 0.335 e. The number of aryl methyl sites for hydroxylation is 1. The van der Waals surface area contributed by atoms with Crippen molar-refractivity contribution in [3.63, 3.8) is 0 Å². The van der Waals surface area contributed by atoms with Crippen molar-refractivity contribution in [3.8, 4) is 0 Å². The topological polar surface area (TPSA) is 99.3 Å². The molecule has 0 bridgehead atoms. The van der Waals surface area contributed by atoms with E-state index in [-0.39, 0.29) is 23.1 Å². The van der Waals surface area contributed by atoms with Crippen LogP contribution in [0.2, 0.25) is 0 Å². The van der Waals surface area contributed by atoms with Crippen molar-refractivity contribution >= 4 is 11.9 Å². The summed E-state index contributed by atoms with van der Waals surface area (Å²) in [5.41, 5.74) is 1.13. The van der Waals surface area contributed by atoms with E-state index in [1.54, 1.807) is 19.1 Å². The van der Waals surface area contributed by atoms with E-state index in [0.717, 1.165) is 0 Å². The molecule has 3 N–H and O–H groups in total. The Bertz CT molecular complexity index is 749. The Kier molecular flexibility index (Phi) is 4.18. The Balaban J connectivity index is 2.09. The third-order valence-corrected chi connectivity index (χ3v) is 2.93. The van der Waals surface area contributed by atoms with Crippen LogP contribution in [-0.4, -0.2) is 22.0 Å². The lowest BCUT2D eigenvalue weighted by Crippen LogP contribution is -2.28. The molecule has 0 aliphatic rings. The number of carboxylic acid groups (broad SMARTS) is 1. The summed E-state index contributed by atoms with van der Waals surface area (Å²) in [4.78, 5) is 37.3. The number of aromatic nitrogens is 1. The zero-order valence-electron chi connectivity index (χ0n) is 11.3. The quantitative estimate of drug-likeness (QED) is 0.789. The average Bonchev–Trinajstić information content (AvgIpc) is 2.45. The van der Waals surface area contributed by atoms with E-state index in [4.69, 9.17) is 5.11 Å².